The number of thioether (sulfide) groups is 1. The zero-order valence-electron chi connectivity index (χ0n) is 16.6. The number of ether oxygens (including phenoxy) is 1. The number of carbonyl (C=O) groups excluding carboxylic acids is 1. The first-order valence-corrected chi connectivity index (χ1v) is 10.5. The minimum atomic E-state index is -0.496. The summed E-state index contributed by atoms with van der Waals surface area (Å²) in [6.07, 6.45) is 0.995. The van der Waals surface area contributed by atoms with E-state index in [0.717, 1.165) is 40.6 Å². The Hall–Kier alpha value is -2.47. The molecule has 6 heteroatoms. The standard InChI is InChI=1S/C22H27N3O2S/c1-22(2,3)27-20(26)16-25-19-13-8-7-12-18(19)24-21(25)28-15-9-14-23-17-10-5-4-6-11-17/h4-8,10-13,23H,9,14-16H2,1-3H3. The van der Waals surface area contributed by atoms with E-state index < -0.39 is 5.60 Å². The second-order valence-electron chi connectivity index (χ2n) is 7.55. The molecule has 1 heterocycles. The SMILES string of the molecule is CC(C)(C)OC(=O)Cn1c(SCCCNc2ccccc2)nc2ccccc21. The summed E-state index contributed by atoms with van der Waals surface area (Å²) in [5.41, 5.74) is 2.49. The number of imidazole rings is 1. The summed E-state index contributed by atoms with van der Waals surface area (Å²) >= 11 is 1.67. The van der Waals surface area contributed by atoms with Crippen LogP contribution in [0.3, 0.4) is 0 Å². The summed E-state index contributed by atoms with van der Waals surface area (Å²) in [7, 11) is 0. The highest BCUT2D eigenvalue weighted by atomic mass is 32.2. The lowest BCUT2D eigenvalue weighted by molar-refractivity contribution is -0.155. The van der Waals surface area contributed by atoms with Gasteiger partial charge in [-0.15, -0.1) is 0 Å². The van der Waals surface area contributed by atoms with Crippen molar-refractivity contribution in [2.24, 2.45) is 0 Å². The summed E-state index contributed by atoms with van der Waals surface area (Å²) < 4.78 is 7.46. The average Bonchev–Trinajstić information content (AvgIpc) is 2.98. The molecule has 0 saturated carbocycles. The van der Waals surface area contributed by atoms with Crippen LogP contribution in [0.15, 0.2) is 59.8 Å². The van der Waals surface area contributed by atoms with Gasteiger partial charge in [-0.1, -0.05) is 42.1 Å². The van der Waals surface area contributed by atoms with Crippen LogP contribution in [0.4, 0.5) is 5.69 Å². The van der Waals surface area contributed by atoms with Crippen LogP contribution in [0, 0.1) is 0 Å². The van der Waals surface area contributed by atoms with Gasteiger partial charge in [0, 0.05) is 18.0 Å². The van der Waals surface area contributed by atoms with Crippen molar-refractivity contribution in [3.63, 3.8) is 0 Å². The smallest absolute Gasteiger partial charge is 0.326 e. The molecule has 1 aromatic heterocycles. The van der Waals surface area contributed by atoms with E-state index in [4.69, 9.17) is 9.72 Å². The van der Waals surface area contributed by atoms with Crippen LogP contribution >= 0.6 is 11.8 Å². The van der Waals surface area contributed by atoms with Crippen LogP contribution in [-0.2, 0) is 16.1 Å². The van der Waals surface area contributed by atoms with Crippen LogP contribution in [0.25, 0.3) is 11.0 Å². The molecule has 0 aliphatic heterocycles. The lowest BCUT2D eigenvalue weighted by Crippen LogP contribution is -2.26. The zero-order chi connectivity index (χ0) is 20.0. The Morgan fingerprint density at radius 3 is 2.57 bits per heavy atom. The van der Waals surface area contributed by atoms with Crippen LogP contribution in [0.2, 0.25) is 0 Å². The molecule has 0 saturated heterocycles. The largest absolute Gasteiger partial charge is 0.459 e. The number of nitrogens with one attached hydrogen (secondary N) is 1. The van der Waals surface area contributed by atoms with Gasteiger partial charge in [-0.05, 0) is 51.5 Å². The van der Waals surface area contributed by atoms with Gasteiger partial charge < -0.3 is 14.6 Å². The van der Waals surface area contributed by atoms with E-state index in [1.165, 1.54) is 0 Å². The molecule has 3 aromatic rings. The predicted octanol–water partition coefficient (Wildman–Crippen LogP) is 4.97. The highest BCUT2D eigenvalue weighted by molar-refractivity contribution is 7.99. The molecule has 0 amide bonds. The molecule has 0 unspecified atom stereocenters. The van der Waals surface area contributed by atoms with Crippen molar-refractivity contribution in [1.82, 2.24) is 9.55 Å². The summed E-state index contributed by atoms with van der Waals surface area (Å²) in [4.78, 5) is 17.1. The van der Waals surface area contributed by atoms with Gasteiger partial charge in [-0.3, -0.25) is 4.79 Å². The minimum Gasteiger partial charge on any atom is -0.459 e. The van der Waals surface area contributed by atoms with Crippen molar-refractivity contribution in [3.8, 4) is 0 Å². The lowest BCUT2D eigenvalue weighted by Gasteiger charge is -2.20. The third kappa shape index (κ3) is 5.76. The first-order valence-electron chi connectivity index (χ1n) is 9.51. The normalized spacial score (nSPS) is 11.5. The molecule has 2 aromatic carbocycles. The molecule has 0 fully saturated rings. The van der Waals surface area contributed by atoms with Crippen molar-refractivity contribution < 1.29 is 9.53 Å². The molecule has 0 bridgehead atoms. The van der Waals surface area contributed by atoms with Crippen molar-refractivity contribution in [2.45, 2.75) is 44.5 Å². The molecule has 5 nitrogen and oxygen atoms in total. The Morgan fingerprint density at radius 2 is 1.82 bits per heavy atom. The first kappa shape index (κ1) is 20.3. The number of para-hydroxylation sites is 3. The van der Waals surface area contributed by atoms with Crippen molar-refractivity contribution in [3.05, 3.63) is 54.6 Å². The third-order valence-electron chi connectivity index (χ3n) is 3.98. The number of fused-ring (bicyclic) bond motifs is 1. The second-order valence-corrected chi connectivity index (χ2v) is 8.61. The van der Waals surface area contributed by atoms with Gasteiger partial charge in [-0.25, -0.2) is 4.98 Å². The Kier molecular flexibility index (Phi) is 6.62. The van der Waals surface area contributed by atoms with E-state index in [2.05, 4.69) is 17.4 Å². The van der Waals surface area contributed by atoms with Crippen LogP contribution in [-0.4, -0.2) is 33.4 Å². The van der Waals surface area contributed by atoms with Gasteiger partial charge in [0.2, 0.25) is 0 Å². The van der Waals surface area contributed by atoms with E-state index in [1.54, 1.807) is 11.8 Å². The van der Waals surface area contributed by atoms with Gasteiger partial charge in [0.15, 0.2) is 5.16 Å². The molecule has 0 aliphatic carbocycles. The Bertz CT molecular complexity index is 916. The van der Waals surface area contributed by atoms with Gasteiger partial charge >= 0.3 is 5.97 Å². The van der Waals surface area contributed by atoms with Crippen molar-refractivity contribution >= 4 is 34.5 Å². The molecule has 0 aliphatic rings. The first-order chi connectivity index (χ1) is 13.4. The molecule has 0 atom stereocenters. The molecule has 0 spiro atoms. The van der Waals surface area contributed by atoms with E-state index in [1.807, 2.05) is 67.8 Å². The average molecular weight is 398 g/mol. The molecular formula is C22H27N3O2S. The van der Waals surface area contributed by atoms with Crippen LogP contribution in [0.1, 0.15) is 27.2 Å². The molecule has 3 rings (SSSR count). The maximum Gasteiger partial charge on any atom is 0.326 e. The van der Waals surface area contributed by atoms with Crippen LogP contribution < -0.4 is 5.32 Å². The van der Waals surface area contributed by atoms with E-state index in [0.29, 0.717) is 0 Å². The number of carbonyl (C=O) groups is 1. The maximum atomic E-state index is 12.4. The number of esters is 1. The fourth-order valence-corrected chi connectivity index (χ4v) is 3.80. The van der Waals surface area contributed by atoms with E-state index in [9.17, 15) is 4.79 Å². The Labute approximate surface area is 170 Å². The highest BCUT2D eigenvalue weighted by Gasteiger charge is 2.19. The number of aromatic nitrogens is 2. The molecule has 148 valence electrons. The molecule has 28 heavy (non-hydrogen) atoms. The van der Waals surface area contributed by atoms with Gasteiger partial charge in [0.1, 0.15) is 12.1 Å². The summed E-state index contributed by atoms with van der Waals surface area (Å²) in [5, 5.41) is 4.27. The Morgan fingerprint density at radius 1 is 1.11 bits per heavy atom. The molecular weight excluding hydrogens is 370 g/mol. The zero-order valence-corrected chi connectivity index (χ0v) is 17.5. The number of anilines is 1. The highest BCUT2D eigenvalue weighted by Crippen LogP contribution is 2.25. The summed E-state index contributed by atoms with van der Waals surface area (Å²) in [6.45, 7) is 6.70. The second kappa shape index (κ2) is 9.15. The fraction of sp³-hybridized carbons (Fsp3) is 0.364. The van der Waals surface area contributed by atoms with Crippen molar-refractivity contribution in [2.75, 3.05) is 17.6 Å². The van der Waals surface area contributed by atoms with Gasteiger partial charge in [0.25, 0.3) is 0 Å². The fourth-order valence-electron chi connectivity index (χ4n) is 2.84. The van der Waals surface area contributed by atoms with Gasteiger partial charge in [0.05, 0.1) is 11.0 Å². The number of nitrogens with zero attached hydrogens (tertiary/aromatic N) is 2. The number of hydrogen-bond acceptors (Lipinski definition) is 5. The predicted molar refractivity (Wildman–Crippen MR) is 116 cm³/mol. The third-order valence-corrected chi connectivity index (χ3v) is 5.04. The molecule has 0 radical (unpaired) electrons. The summed E-state index contributed by atoms with van der Waals surface area (Å²) in [6, 6.07) is 18.1. The monoisotopic (exact) mass is 397 g/mol. The number of hydrogen-bond donors (Lipinski definition) is 1. The van der Waals surface area contributed by atoms with E-state index >= 15 is 0 Å². The number of rotatable bonds is 8. The topological polar surface area (TPSA) is 56.1 Å². The van der Waals surface area contributed by atoms with Crippen LogP contribution in [0.5, 0.6) is 0 Å². The number of benzene rings is 2. The molecule has 1 N–H and O–H groups in total. The minimum absolute atomic E-state index is 0.169. The van der Waals surface area contributed by atoms with Gasteiger partial charge in [-0.2, -0.15) is 0 Å². The maximum absolute atomic E-state index is 12.4. The quantitative estimate of drug-likeness (QED) is 0.330. The summed E-state index contributed by atoms with van der Waals surface area (Å²) in [5.74, 6) is 0.667. The van der Waals surface area contributed by atoms with Crippen molar-refractivity contribution in [1.29, 1.82) is 0 Å². The lowest BCUT2D eigenvalue weighted by atomic mass is 10.2. The van der Waals surface area contributed by atoms with E-state index in [-0.39, 0.29) is 12.5 Å². The Balaban J connectivity index is 1.62.